The minimum absolute atomic E-state index is 0.789. The van der Waals surface area contributed by atoms with Crippen molar-refractivity contribution in [2.75, 3.05) is 11.4 Å². The molecule has 17 heavy (non-hydrogen) atoms. The zero-order valence-electron chi connectivity index (χ0n) is 9.78. The van der Waals surface area contributed by atoms with Crippen LogP contribution in [0.1, 0.15) is 11.1 Å². The maximum atomic E-state index is 5.92. The molecule has 0 atom stereocenters. The van der Waals surface area contributed by atoms with Crippen LogP contribution in [0.4, 0.5) is 11.4 Å². The van der Waals surface area contributed by atoms with Crippen molar-refractivity contribution in [1.82, 2.24) is 0 Å². The molecule has 2 aromatic carbocycles. The van der Waals surface area contributed by atoms with Crippen molar-refractivity contribution in [1.29, 1.82) is 0 Å². The number of hydrogen-bond acceptors (Lipinski definition) is 1. The number of anilines is 2. The fourth-order valence-corrected chi connectivity index (χ4v) is 2.55. The minimum atomic E-state index is 0.789. The molecule has 0 fully saturated rings. The van der Waals surface area contributed by atoms with Crippen molar-refractivity contribution in [3.63, 3.8) is 0 Å². The van der Waals surface area contributed by atoms with E-state index in [-0.39, 0.29) is 0 Å². The zero-order chi connectivity index (χ0) is 11.8. The van der Waals surface area contributed by atoms with E-state index in [1.54, 1.807) is 0 Å². The highest BCUT2D eigenvalue weighted by molar-refractivity contribution is 6.30. The third-order valence-electron chi connectivity index (χ3n) is 3.27. The third-order valence-corrected chi connectivity index (χ3v) is 3.52. The number of halogens is 1. The van der Waals surface area contributed by atoms with Crippen LogP contribution in [-0.2, 0) is 6.42 Å². The van der Waals surface area contributed by atoms with Gasteiger partial charge in [0.15, 0.2) is 0 Å². The van der Waals surface area contributed by atoms with Crippen LogP contribution in [0.5, 0.6) is 0 Å². The summed E-state index contributed by atoms with van der Waals surface area (Å²) in [4.78, 5) is 2.35. The molecule has 0 bridgehead atoms. The molecular weight excluding hydrogens is 230 g/mol. The first kappa shape index (κ1) is 10.7. The van der Waals surface area contributed by atoms with Gasteiger partial charge >= 0.3 is 0 Å². The normalized spacial score (nSPS) is 13.9. The largest absolute Gasteiger partial charge is 0.341 e. The Bertz CT molecular complexity index is 545. The van der Waals surface area contributed by atoms with Gasteiger partial charge in [-0.15, -0.1) is 0 Å². The highest BCUT2D eigenvalue weighted by atomic mass is 35.5. The summed E-state index contributed by atoms with van der Waals surface area (Å²) in [6, 6.07) is 14.7. The SMILES string of the molecule is Cc1ccc2c(c1)CCN2c1ccc(Cl)cc1. The Kier molecular flexibility index (Phi) is 2.56. The van der Waals surface area contributed by atoms with E-state index in [2.05, 4.69) is 42.2 Å². The lowest BCUT2D eigenvalue weighted by Crippen LogP contribution is -2.12. The van der Waals surface area contributed by atoms with Crippen LogP contribution >= 0.6 is 11.6 Å². The van der Waals surface area contributed by atoms with Gasteiger partial charge in [0.25, 0.3) is 0 Å². The number of nitrogens with zero attached hydrogens (tertiary/aromatic N) is 1. The molecule has 0 unspecified atom stereocenters. The van der Waals surface area contributed by atoms with Crippen LogP contribution < -0.4 is 4.90 Å². The molecule has 0 saturated heterocycles. The number of aryl methyl sites for hydroxylation is 1. The standard InChI is InChI=1S/C15H14ClN/c1-11-2-7-15-12(10-11)8-9-17(15)14-5-3-13(16)4-6-14/h2-7,10H,8-9H2,1H3. The molecule has 3 rings (SSSR count). The molecule has 1 aliphatic rings. The van der Waals surface area contributed by atoms with E-state index in [4.69, 9.17) is 11.6 Å². The minimum Gasteiger partial charge on any atom is -0.341 e. The van der Waals surface area contributed by atoms with Crippen LogP contribution in [0.2, 0.25) is 5.02 Å². The zero-order valence-corrected chi connectivity index (χ0v) is 10.5. The topological polar surface area (TPSA) is 3.24 Å². The van der Waals surface area contributed by atoms with E-state index >= 15 is 0 Å². The fraction of sp³-hybridized carbons (Fsp3) is 0.200. The first-order valence-electron chi connectivity index (χ1n) is 5.87. The number of fused-ring (bicyclic) bond motifs is 1. The predicted octanol–water partition coefficient (Wildman–Crippen LogP) is 4.34. The van der Waals surface area contributed by atoms with Gasteiger partial charge in [0.05, 0.1) is 0 Å². The molecule has 2 aromatic rings. The van der Waals surface area contributed by atoms with E-state index in [9.17, 15) is 0 Å². The van der Waals surface area contributed by atoms with E-state index < -0.39 is 0 Å². The molecule has 1 heterocycles. The third kappa shape index (κ3) is 1.91. The Labute approximate surface area is 107 Å². The second-order valence-corrected chi connectivity index (χ2v) is 4.95. The summed E-state index contributed by atoms with van der Waals surface area (Å²) in [6.45, 7) is 3.20. The lowest BCUT2D eigenvalue weighted by atomic mass is 10.1. The molecule has 86 valence electrons. The summed E-state index contributed by atoms with van der Waals surface area (Å²) in [7, 11) is 0. The van der Waals surface area contributed by atoms with Crippen molar-refractivity contribution in [2.24, 2.45) is 0 Å². The molecule has 1 aliphatic heterocycles. The molecule has 2 heteroatoms. The maximum Gasteiger partial charge on any atom is 0.0444 e. The van der Waals surface area contributed by atoms with Gasteiger partial charge in [0.2, 0.25) is 0 Å². The average molecular weight is 244 g/mol. The average Bonchev–Trinajstić information content (AvgIpc) is 2.73. The van der Waals surface area contributed by atoms with Gasteiger partial charge in [-0.05, 0) is 49.2 Å². The predicted molar refractivity (Wildman–Crippen MR) is 73.3 cm³/mol. The van der Waals surface area contributed by atoms with Crippen molar-refractivity contribution < 1.29 is 0 Å². The molecule has 0 saturated carbocycles. The Morgan fingerprint density at radius 3 is 2.59 bits per heavy atom. The Hall–Kier alpha value is -1.47. The van der Waals surface area contributed by atoms with Gasteiger partial charge in [0.1, 0.15) is 0 Å². The summed E-state index contributed by atoms with van der Waals surface area (Å²) in [5, 5.41) is 0.789. The summed E-state index contributed by atoms with van der Waals surface area (Å²) < 4.78 is 0. The number of rotatable bonds is 1. The quantitative estimate of drug-likeness (QED) is 0.720. The Morgan fingerprint density at radius 1 is 1.06 bits per heavy atom. The highest BCUT2D eigenvalue weighted by Gasteiger charge is 2.19. The van der Waals surface area contributed by atoms with Crippen molar-refractivity contribution >= 4 is 23.0 Å². The molecular formula is C15H14ClN. The van der Waals surface area contributed by atoms with Crippen molar-refractivity contribution in [3.05, 3.63) is 58.6 Å². The molecule has 0 aliphatic carbocycles. The first-order chi connectivity index (χ1) is 8.24. The van der Waals surface area contributed by atoms with Gasteiger partial charge < -0.3 is 4.90 Å². The Morgan fingerprint density at radius 2 is 1.82 bits per heavy atom. The van der Waals surface area contributed by atoms with Crippen LogP contribution in [0.3, 0.4) is 0 Å². The van der Waals surface area contributed by atoms with E-state index in [1.807, 2.05) is 12.1 Å². The monoisotopic (exact) mass is 243 g/mol. The lowest BCUT2D eigenvalue weighted by Gasteiger charge is -2.19. The summed E-state index contributed by atoms with van der Waals surface area (Å²) >= 11 is 5.92. The molecule has 0 aromatic heterocycles. The fourth-order valence-electron chi connectivity index (χ4n) is 2.42. The smallest absolute Gasteiger partial charge is 0.0444 e. The van der Waals surface area contributed by atoms with Crippen LogP contribution in [0.15, 0.2) is 42.5 Å². The highest BCUT2D eigenvalue weighted by Crippen LogP contribution is 2.35. The van der Waals surface area contributed by atoms with Crippen LogP contribution in [-0.4, -0.2) is 6.54 Å². The maximum absolute atomic E-state index is 5.92. The molecule has 0 spiro atoms. The number of hydrogen-bond donors (Lipinski definition) is 0. The molecule has 1 nitrogen and oxygen atoms in total. The van der Waals surface area contributed by atoms with Crippen molar-refractivity contribution in [3.8, 4) is 0 Å². The van der Waals surface area contributed by atoms with Gasteiger partial charge in [-0.25, -0.2) is 0 Å². The second kappa shape index (κ2) is 4.08. The van der Waals surface area contributed by atoms with E-state index in [0.717, 1.165) is 18.0 Å². The van der Waals surface area contributed by atoms with Crippen molar-refractivity contribution in [2.45, 2.75) is 13.3 Å². The van der Waals surface area contributed by atoms with Crippen LogP contribution in [0.25, 0.3) is 0 Å². The summed E-state index contributed by atoms with van der Waals surface area (Å²) in [5.41, 5.74) is 5.33. The molecule has 0 amide bonds. The number of benzene rings is 2. The summed E-state index contributed by atoms with van der Waals surface area (Å²) in [6.07, 6.45) is 1.12. The second-order valence-electron chi connectivity index (χ2n) is 4.51. The van der Waals surface area contributed by atoms with Crippen LogP contribution in [0, 0.1) is 6.92 Å². The molecule has 0 radical (unpaired) electrons. The van der Waals surface area contributed by atoms with Gasteiger partial charge in [-0.3, -0.25) is 0 Å². The first-order valence-corrected chi connectivity index (χ1v) is 6.24. The summed E-state index contributed by atoms with van der Waals surface area (Å²) in [5.74, 6) is 0. The van der Waals surface area contributed by atoms with E-state index in [0.29, 0.717) is 0 Å². The lowest BCUT2D eigenvalue weighted by molar-refractivity contribution is 0.998. The van der Waals surface area contributed by atoms with Gasteiger partial charge in [0, 0.05) is 22.9 Å². The Balaban J connectivity index is 2.01. The van der Waals surface area contributed by atoms with E-state index in [1.165, 1.54) is 22.5 Å². The van der Waals surface area contributed by atoms with Gasteiger partial charge in [-0.1, -0.05) is 29.3 Å². The molecule has 0 N–H and O–H groups in total. The van der Waals surface area contributed by atoms with Gasteiger partial charge in [-0.2, -0.15) is 0 Å².